The van der Waals surface area contributed by atoms with Crippen LogP contribution in [0.15, 0.2) is 103 Å². The minimum absolute atomic E-state index is 0.0287. The van der Waals surface area contributed by atoms with Crippen LogP contribution in [0.1, 0.15) is 61.9 Å². The number of nitrogens with zero attached hydrogens (tertiary/aromatic N) is 1. The zero-order chi connectivity index (χ0) is 33.4. The molecule has 5 rings (SSSR count). The Balaban J connectivity index is 1.28. The Hall–Kier alpha value is -4.67. The van der Waals surface area contributed by atoms with Crippen molar-refractivity contribution in [1.29, 1.82) is 0 Å². The maximum absolute atomic E-state index is 13.7. The van der Waals surface area contributed by atoms with Gasteiger partial charge in [0.1, 0.15) is 5.75 Å². The lowest BCUT2D eigenvalue weighted by Crippen LogP contribution is -2.48. The Morgan fingerprint density at radius 2 is 1.60 bits per heavy atom. The summed E-state index contributed by atoms with van der Waals surface area (Å²) in [6, 6.07) is 29.3. The van der Waals surface area contributed by atoms with Gasteiger partial charge in [-0.15, -0.1) is 13.2 Å². The molecule has 1 aliphatic heterocycles. The number of aryl methyl sites for hydroxylation is 1. The third-order valence-electron chi connectivity index (χ3n) is 8.18. The van der Waals surface area contributed by atoms with Crippen molar-refractivity contribution in [3.05, 3.63) is 137 Å². The van der Waals surface area contributed by atoms with E-state index in [1.54, 1.807) is 24.3 Å². The number of hydrogen-bond acceptors (Lipinski definition) is 5. The number of hydrogen-bond donors (Lipinski definition) is 3. The number of rotatable bonds is 12. The molecule has 0 bridgehead atoms. The monoisotopic (exact) mass is 645 g/mol. The summed E-state index contributed by atoms with van der Waals surface area (Å²) < 4.78 is 41.9. The van der Waals surface area contributed by atoms with Gasteiger partial charge in [-0.1, -0.05) is 72.8 Å². The summed E-state index contributed by atoms with van der Waals surface area (Å²) >= 11 is 0. The molecule has 1 aliphatic rings. The largest absolute Gasteiger partial charge is 0.573 e. The number of ether oxygens (including phenoxy) is 1. The quantitative estimate of drug-likeness (QED) is 0.167. The summed E-state index contributed by atoms with van der Waals surface area (Å²) in [6.07, 6.45) is -3.75. The van der Waals surface area contributed by atoms with Crippen molar-refractivity contribution in [2.75, 3.05) is 13.1 Å². The van der Waals surface area contributed by atoms with Crippen molar-refractivity contribution in [2.24, 2.45) is 0 Å². The fourth-order valence-electron chi connectivity index (χ4n) is 6.00. The molecule has 1 saturated heterocycles. The molecule has 0 aromatic heterocycles. The van der Waals surface area contributed by atoms with Gasteiger partial charge in [0, 0.05) is 30.8 Å². The van der Waals surface area contributed by atoms with E-state index in [-0.39, 0.29) is 30.8 Å². The van der Waals surface area contributed by atoms with E-state index < -0.39 is 24.4 Å². The molecule has 1 unspecified atom stereocenters. The van der Waals surface area contributed by atoms with E-state index in [9.17, 15) is 27.9 Å². The van der Waals surface area contributed by atoms with Crippen LogP contribution in [0.5, 0.6) is 5.75 Å². The molecular formula is C37H38F3N3O4. The Labute approximate surface area is 272 Å². The van der Waals surface area contributed by atoms with Crippen LogP contribution in [0.25, 0.3) is 0 Å². The number of aliphatic hydroxyl groups excluding tert-OH is 1. The van der Waals surface area contributed by atoms with Gasteiger partial charge in [-0.05, 0) is 78.8 Å². The minimum atomic E-state index is -4.80. The summed E-state index contributed by atoms with van der Waals surface area (Å²) in [5.74, 6) is -0.896. The van der Waals surface area contributed by atoms with Gasteiger partial charge < -0.3 is 25.4 Å². The predicted octanol–water partition coefficient (Wildman–Crippen LogP) is 6.36. The molecule has 3 N–H and O–H groups in total. The van der Waals surface area contributed by atoms with E-state index >= 15 is 0 Å². The fourth-order valence-corrected chi connectivity index (χ4v) is 6.00. The number of amides is 2. The number of likely N-dealkylation sites (tertiary alicyclic amines) is 1. The first-order valence-electron chi connectivity index (χ1n) is 15.6. The first-order valence-corrected chi connectivity index (χ1v) is 15.6. The SMILES string of the molecule is Cc1cc(C(=O)N[C@@H](Cc2ccccc2)[C@H](O)CNCc2cccc(OC(F)(F)F)c2)cc(C(=O)N2CCCC2c2ccccc2)c1. The summed E-state index contributed by atoms with van der Waals surface area (Å²) in [7, 11) is 0. The molecule has 7 nitrogen and oxygen atoms in total. The molecule has 0 saturated carbocycles. The number of carbonyl (C=O) groups excluding carboxylic acids is 2. The number of carbonyl (C=O) groups is 2. The number of aliphatic hydroxyl groups is 1. The van der Waals surface area contributed by atoms with Gasteiger partial charge in [-0.25, -0.2) is 0 Å². The molecule has 2 amide bonds. The van der Waals surface area contributed by atoms with Crippen LogP contribution in [-0.2, 0) is 13.0 Å². The highest BCUT2D eigenvalue weighted by Gasteiger charge is 2.32. The van der Waals surface area contributed by atoms with E-state index in [0.29, 0.717) is 29.7 Å². The van der Waals surface area contributed by atoms with Crippen LogP contribution in [0.3, 0.4) is 0 Å². The van der Waals surface area contributed by atoms with E-state index in [2.05, 4.69) is 15.4 Å². The van der Waals surface area contributed by atoms with Crippen molar-refractivity contribution in [3.8, 4) is 5.75 Å². The topological polar surface area (TPSA) is 90.9 Å². The molecule has 0 radical (unpaired) electrons. The molecule has 0 aliphatic carbocycles. The lowest BCUT2D eigenvalue weighted by molar-refractivity contribution is -0.274. The number of nitrogens with one attached hydrogen (secondary N) is 2. The normalized spacial score (nSPS) is 16.0. The summed E-state index contributed by atoms with van der Waals surface area (Å²) in [4.78, 5) is 29.3. The molecular weight excluding hydrogens is 607 g/mol. The second-order valence-corrected chi connectivity index (χ2v) is 11.8. The Morgan fingerprint density at radius 1 is 0.915 bits per heavy atom. The zero-order valence-corrected chi connectivity index (χ0v) is 26.0. The highest BCUT2D eigenvalue weighted by Crippen LogP contribution is 2.33. The zero-order valence-electron chi connectivity index (χ0n) is 26.0. The molecule has 246 valence electrons. The average molecular weight is 646 g/mol. The molecule has 4 aromatic rings. The maximum Gasteiger partial charge on any atom is 0.573 e. The fraction of sp³-hybridized carbons (Fsp3) is 0.297. The molecule has 47 heavy (non-hydrogen) atoms. The summed E-state index contributed by atoms with van der Waals surface area (Å²) in [5.41, 5.74) is 4.01. The van der Waals surface area contributed by atoms with E-state index in [4.69, 9.17) is 0 Å². The molecule has 10 heteroatoms. The maximum atomic E-state index is 13.7. The van der Waals surface area contributed by atoms with Crippen molar-refractivity contribution < 1.29 is 32.6 Å². The molecule has 3 atom stereocenters. The van der Waals surface area contributed by atoms with Crippen LogP contribution in [0.4, 0.5) is 13.2 Å². The predicted molar refractivity (Wildman–Crippen MR) is 173 cm³/mol. The van der Waals surface area contributed by atoms with Crippen molar-refractivity contribution in [1.82, 2.24) is 15.5 Å². The van der Waals surface area contributed by atoms with Gasteiger partial charge in [0.25, 0.3) is 11.8 Å². The Kier molecular flexibility index (Phi) is 11.0. The van der Waals surface area contributed by atoms with Gasteiger partial charge in [-0.3, -0.25) is 9.59 Å². The van der Waals surface area contributed by atoms with Crippen LogP contribution < -0.4 is 15.4 Å². The second-order valence-electron chi connectivity index (χ2n) is 11.8. The van der Waals surface area contributed by atoms with Gasteiger partial charge in [0.2, 0.25) is 0 Å². The smallest absolute Gasteiger partial charge is 0.406 e. The summed E-state index contributed by atoms with van der Waals surface area (Å²) in [5, 5.41) is 17.2. The molecule has 0 spiro atoms. The lowest BCUT2D eigenvalue weighted by atomic mass is 9.99. The first-order chi connectivity index (χ1) is 22.6. The highest BCUT2D eigenvalue weighted by molar-refractivity contribution is 6.00. The molecule has 1 fully saturated rings. The van der Waals surface area contributed by atoms with Crippen LogP contribution in [0.2, 0.25) is 0 Å². The van der Waals surface area contributed by atoms with E-state index in [1.807, 2.05) is 72.5 Å². The van der Waals surface area contributed by atoms with Crippen molar-refractivity contribution in [3.63, 3.8) is 0 Å². The average Bonchev–Trinajstić information content (AvgIpc) is 3.54. The van der Waals surface area contributed by atoms with Crippen LogP contribution in [-0.4, -0.2) is 53.4 Å². The minimum Gasteiger partial charge on any atom is -0.406 e. The van der Waals surface area contributed by atoms with Gasteiger partial charge >= 0.3 is 6.36 Å². The Bertz CT molecular complexity index is 1650. The lowest BCUT2D eigenvalue weighted by Gasteiger charge is -2.26. The first kappa shape index (κ1) is 33.7. The van der Waals surface area contributed by atoms with E-state index in [0.717, 1.165) is 29.5 Å². The standard InChI is InChI=1S/C37H38F3N3O4/c1-25-18-29(22-30(19-25)36(46)43-17-9-16-33(43)28-13-6-3-7-14-28)35(45)42-32(21-26-10-4-2-5-11-26)34(44)24-41-23-27-12-8-15-31(20-27)47-37(38,39)40/h2-8,10-15,18-20,22,32-34,41,44H,9,16-17,21,23-24H2,1H3,(H,42,45)/t32-,33?,34+/m0/s1. The van der Waals surface area contributed by atoms with Crippen molar-refractivity contribution in [2.45, 2.75) is 57.3 Å². The van der Waals surface area contributed by atoms with Crippen LogP contribution in [0, 0.1) is 6.92 Å². The Morgan fingerprint density at radius 3 is 2.32 bits per heavy atom. The second kappa shape index (κ2) is 15.3. The van der Waals surface area contributed by atoms with Gasteiger partial charge in [0.05, 0.1) is 18.2 Å². The third kappa shape index (κ3) is 9.43. The van der Waals surface area contributed by atoms with Crippen LogP contribution >= 0.6 is 0 Å². The van der Waals surface area contributed by atoms with Gasteiger partial charge in [-0.2, -0.15) is 0 Å². The number of benzene rings is 4. The molecule has 4 aromatic carbocycles. The van der Waals surface area contributed by atoms with Gasteiger partial charge in [0.15, 0.2) is 0 Å². The van der Waals surface area contributed by atoms with Crippen molar-refractivity contribution >= 4 is 11.8 Å². The molecule has 1 heterocycles. The number of alkyl halides is 3. The number of halogens is 3. The highest BCUT2D eigenvalue weighted by atomic mass is 19.4. The van der Waals surface area contributed by atoms with E-state index in [1.165, 1.54) is 18.2 Å². The third-order valence-corrected chi connectivity index (χ3v) is 8.18. The summed E-state index contributed by atoms with van der Waals surface area (Å²) in [6.45, 7) is 2.69.